The molecule has 0 aliphatic carbocycles. The van der Waals surface area contributed by atoms with Crippen LogP contribution in [0.1, 0.15) is 24.3 Å². The van der Waals surface area contributed by atoms with Gasteiger partial charge in [-0.25, -0.2) is 9.37 Å². The van der Waals surface area contributed by atoms with E-state index in [1.54, 1.807) is 13.2 Å². The number of pyridine rings is 1. The number of ether oxygens (including phenoxy) is 2. The van der Waals surface area contributed by atoms with Gasteiger partial charge in [-0.1, -0.05) is 5.16 Å². The minimum absolute atomic E-state index is 0.00277. The van der Waals surface area contributed by atoms with Crippen LogP contribution in [0.4, 0.5) is 4.39 Å². The van der Waals surface area contributed by atoms with Crippen LogP contribution >= 0.6 is 0 Å². The van der Waals surface area contributed by atoms with Crippen molar-refractivity contribution in [3.8, 4) is 5.88 Å². The summed E-state index contributed by atoms with van der Waals surface area (Å²) in [5.74, 6) is 0.404. The molecule has 0 bridgehead atoms. The maximum atomic E-state index is 13.5. The number of likely N-dealkylation sites (tertiary alicyclic amines) is 1. The third-order valence-corrected chi connectivity index (χ3v) is 3.82. The lowest BCUT2D eigenvalue weighted by Crippen LogP contribution is -2.38. The molecule has 0 saturated carbocycles. The monoisotopic (exact) mass is 321 g/mol. The number of aromatic nitrogens is 2. The lowest BCUT2D eigenvalue weighted by atomic mass is 10.1. The molecule has 0 N–H and O–H groups in total. The number of hydrogen-bond acceptors (Lipinski definition) is 6. The summed E-state index contributed by atoms with van der Waals surface area (Å²) in [7, 11) is 1.62. The maximum absolute atomic E-state index is 13.5. The van der Waals surface area contributed by atoms with Gasteiger partial charge in [0.2, 0.25) is 0 Å². The quantitative estimate of drug-likeness (QED) is 0.814. The standard InChI is InChI=1S/C16H20FN3O3/c1-21-11-14-9-12(19-23-14)10-20-7-4-13(5-8-20)22-16-15(17)3-2-6-18-16/h2-3,6,9,13H,4-5,7-8,10-11H2,1H3. The van der Waals surface area contributed by atoms with Crippen molar-refractivity contribution in [1.29, 1.82) is 0 Å². The summed E-state index contributed by atoms with van der Waals surface area (Å²) in [6, 6.07) is 4.83. The summed E-state index contributed by atoms with van der Waals surface area (Å²) in [4.78, 5) is 6.22. The molecule has 1 aliphatic rings. The van der Waals surface area contributed by atoms with Gasteiger partial charge in [-0.05, 0) is 25.0 Å². The first-order chi connectivity index (χ1) is 11.2. The van der Waals surface area contributed by atoms with E-state index in [4.69, 9.17) is 14.0 Å². The molecule has 23 heavy (non-hydrogen) atoms. The molecule has 0 amide bonds. The van der Waals surface area contributed by atoms with E-state index in [0.29, 0.717) is 6.61 Å². The molecule has 2 aromatic heterocycles. The van der Waals surface area contributed by atoms with E-state index in [1.165, 1.54) is 12.3 Å². The number of hydrogen-bond donors (Lipinski definition) is 0. The van der Waals surface area contributed by atoms with Gasteiger partial charge < -0.3 is 14.0 Å². The second-order valence-electron chi connectivity index (χ2n) is 5.60. The smallest absolute Gasteiger partial charge is 0.250 e. The third kappa shape index (κ3) is 4.27. The van der Waals surface area contributed by atoms with Crippen LogP contribution in [-0.4, -0.2) is 41.3 Å². The number of rotatable bonds is 6. The van der Waals surface area contributed by atoms with Crippen LogP contribution < -0.4 is 4.74 Å². The summed E-state index contributed by atoms with van der Waals surface area (Å²) < 4.78 is 29.4. The minimum Gasteiger partial charge on any atom is -0.472 e. The zero-order valence-corrected chi connectivity index (χ0v) is 13.1. The fraction of sp³-hybridized carbons (Fsp3) is 0.500. The molecule has 6 nitrogen and oxygen atoms in total. The number of methoxy groups -OCH3 is 1. The molecule has 3 rings (SSSR count). The van der Waals surface area contributed by atoms with Crippen molar-refractivity contribution in [2.45, 2.75) is 32.1 Å². The van der Waals surface area contributed by atoms with Gasteiger partial charge in [0, 0.05) is 39.0 Å². The molecule has 0 spiro atoms. The Kier molecular flexibility index (Phi) is 5.19. The van der Waals surface area contributed by atoms with Gasteiger partial charge in [0.1, 0.15) is 12.7 Å². The zero-order valence-electron chi connectivity index (χ0n) is 13.1. The third-order valence-electron chi connectivity index (χ3n) is 3.82. The van der Waals surface area contributed by atoms with Crippen molar-refractivity contribution in [1.82, 2.24) is 15.0 Å². The Morgan fingerprint density at radius 1 is 1.39 bits per heavy atom. The Hall–Kier alpha value is -1.99. The normalized spacial score (nSPS) is 16.6. The molecular weight excluding hydrogens is 301 g/mol. The van der Waals surface area contributed by atoms with E-state index in [0.717, 1.165) is 43.9 Å². The van der Waals surface area contributed by atoms with Crippen LogP contribution in [0.2, 0.25) is 0 Å². The van der Waals surface area contributed by atoms with E-state index < -0.39 is 5.82 Å². The molecule has 7 heteroatoms. The fourth-order valence-electron chi connectivity index (χ4n) is 2.67. The zero-order chi connectivity index (χ0) is 16.1. The molecule has 0 radical (unpaired) electrons. The van der Waals surface area contributed by atoms with Crippen molar-refractivity contribution < 1.29 is 18.4 Å². The molecule has 2 aromatic rings. The fourth-order valence-corrected chi connectivity index (χ4v) is 2.67. The van der Waals surface area contributed by atoms with Gasteiger partial charge in [-0.3, -0.25) is 4.90 Å². The van der Waals surface area contributed by atoms with E-state index >= 15 is 0 Å². The van der Waals surface area contributed by atoms with Crippen molar-refractivity contribution >= 4 is 0 Å². The molecule has 1 saturated heterocycles. The van der Waals surface area contributed by atoms with E-state index in [9.17, 15) is 4.39 Å². The van der Waals surface area contributed by atoms with Gasteiger partial charge in [0.25, 0.3) is 5.88 Å². The van der Waals surface area contributed by atoms with Crippen molar-refractivity contribution in [3.05, 3.63) is 41.7 Å². The van der Waals surface area contributed by atoms with Gasteiger partial charge >= 0.3 is 0 Å². The largest absolute Gasteiger partial charge is 0.472 e. The van der Waals surface area contributed by atoms with Crippen molar-refractivity contribution in [2.24, 2.45) is 0 Å². The highest BCUT2D eigenvalue weighted by molar-refractivity contribution is 5.13. The average Bonchev–Trinajstić information content (AvgIpc) is 2.99. The van der Waals surface area contributed by atoms with Gasteiger partial charge in [-0.15, -0.1) is 0 Å². The number of piperidine rings is 1. The highest BCUT2D eigenvalue weighted by atomic mass is 19.1. The Bertz CT molecular complexity index is 627. The van der Waals surface area contributed by atoms with Crippen LogP contribution in [-0.2, 0) is 17.9 Å². The summed E-state index contributed by atoms with van der Waals surface area (Å²) >= 11 is 0. The van der Waals surface area contributed by atoms with Gasteiger partial charge in [0.15, 0.2) is 11.6 Å². The highest BCUT2D eigenvalue weighted by Crippen LogP contribution is 2.20. The van der Waals surface area contributed by atoms with Crippen LogP contribution in [0.15, 0.2) is 28.9 Å². The van der Waals surface area contributed by atoms with E-state index in [1.807, 2.05) is 6.07 Å². The molecule has 1 fully saturated rings. The first kappa shape index (κ1) is 15.9. The second-order valence-corrected chi connectivity index (χ2v) is 5.60. The Labute approximate surface area is 134 Å². The molecule has 124 valence electrons. The highest BCUT2D eigenvalue weighted by Gasteiger charge is 2.22. The van der Waals surface area contributed by atoms with Crippen LogP contribution in [0.3, 0.4) is 0 Å². The second kappa shape index (κ2) is 7.52. The predicted molar refractivity (Wildman–Crippen MR) is 80.3 cm³/mol. The molecule has 0 atom stereocenters. The van der Waals surface area contributed by atoms with Crippen LogP contribution in [0, 0.1) is 5.82 Å². The lowest BCUT2D eigenvalue weighted by Gasteiger charge is -2.31. The summed E-state index contributed by atoms with van der Waals surface area (Å²) in [6.07, 6.45) is 3.20. The SMILES string of the molecule is COCc1cc(CN2CCC(Oc3ncccc3F)CC2)no1. The maximum Gasteiger partial charge on any atom is 0.250 e. The number of nitrogens with zero attached hydrogens (tertiary/aromatic N) is 3. The van der Waals surface area contributed by atoms with E-state index in [2.05, 4.69) is 15.0 Å². The molecule has 1 aliphatic heterocycles. The lowest BCUT2D eigenvalue weighted by molar-refractivity contribution is 0.0884. The van der Waals surface area contributed by atoms with E-state index in [-0.39, 0.29) is 12.0 Å². The van der Waals surface area contributed by atoms with Gasteiger partial charge in [0.05, 0.1) is 5.69 Å². The minimum atomic E-state index is -0.414. The summed E-state index contributed by atoms with van der Waals surface area (Å²) in [6.45, 7) is 2.90. The first-order valence-electron chi connectivity index (χ1n) is 7.67. The Morgan fingerprint density at radius 2 is 2.22 bits per heavy atom. The van der Waals surface area contributed by atoms with Crippen molar-refractivity contribution in [3.63, 3.8) is 0 Å². The number of halogens is 1. The molecular formula is C16H20FN3O3. The summed E-state index contributed by atoms with van der Waals surface area (Å²) in [5, 5.41) is 4.04. The Balaban J connectivity index is 1.47. The Morgan fingerprint density at radius 3 is 2.96 bits per heavy atom. The molecule has 3 heterocycles. The van der Waals surface area contributed by atoms with Gasteiger partial charge in [-0.2, -0.15) is 0 Å². The summed E-state index contributed by atoms with van der Waals surface area (Å²) in [5.41, 5.74) is 0.896. The molecule has 0 unspecified atom stereocenters. The predicted octanol–water partition coefficient (Wildman–Crippen LogP) is 2.40. The topological polar surface area (TPSA) is 60.6 Å². The van der Waals surface area contributed by atoms with Crippen LogP contribution in [0.5, 0.6) is 5.88 Å². The average molecular weight is 321 g/mol. The van der Waals surface area contributed by atoms with Crippen LogP contribution in [0.25, 0.3) is 0 Å². The van der Waals surface area contributed by atoms with Crippen molar-refractivity contribution in [2.75, 3.05) is 20.2 Å². The molecule has 0 aromatic carbocycles. The first-order valence-corrected chi connectivity index (χ1v) is 7.67.